The number of rotatable bonds is 6. The molecule has 156 valence electrons. The number of nitro benzene ring substituents is 1. The van der Waals surface area contributed by atoms with Crippen LogP contribution in [0.15, 0.2) is 47.5 Å². The average molecular weight is 464 g/mol. The fraction of sp³-hybridized carbons (Fsp3) is 0.238. The number of nitrogens with zero attached hydrogens (tertiary/aromatic N) is 3. The van der Waals surface area contributed by atoms with Gasteiger partial charge in [0.2, 0.25) is 0 Å². The van der Waals surface area contributed by atoms with E-state index in [1.54, 1.807) is 0 Å². The molecule has 0 bridgehead atoms. The summed E-state index contributed by atoms with van der Waals surface area (Å²) in [5.74, 6) is -0.538. The first-order chi connectivity index (χ1) is 14.3. The number of hydrogen-bond donors (Lipinski definition) is 0. The quantitative estimate of drug-likeness (QED) is 0.325. The summed E-state index contributed by atoms with van der Waals surface area (Å²) < 4.78 is 2.00. The van der Waals surface area contributed by atoms with Crippen molar-refractivity contribution in [3.05, 3.63) is 77.9 Å². The maximum Gasteiger partial charge on any atom is 0.281 e. The first-order valence-electron chi connectivity index (χ1n) is 9.37. The molecular formula is C21H19Cl2N3O3S. The Balaban J connectivity index is 2.12. The number of amides is 1. The summed E-state index contributed by atoms with van der Waals surface area (Å²) >= 11 is 13.6. The third-order valence-corrected chi connectivity index (χ3v) is 6.18. The Kier molecular flexibility index (Phi) is 7.07. The molecule has 1 amide bonds. The third-order valence-electron chi connectivity index (χ3n) is 4.48. The van der Waals surface area contributed by atoms with Gasteiger partial charge in [-0.15, -0.1) is 11.3 Å². The third kappa shape index (κ3) is 4.64. The summed E-state index contributed by atoms with van der Waals surface area (Å²) in [6.45, 7) is 4.71. The Hall–Kier alpha value is -2.48. The van der Waals surface area contributed by atoms with E-state index >= 15 is 0 Å². The second-order valence-corrected chi connectivity index (χ2v) is 8.40. The minimum Gasteiger partial charge on any atom is -0.316 e. The lowest BCUT2D eigenvalue weighted by molar-refractivity contribution is -0.384. The first kappa shape index (κ1) is 22.2. The fourth-order valence-electron chi connectivity index (χ4n) is 3.10. The number of benzene rings is 2. The maximum atomic E-state index is 12.8. The normalized spacial score (nSPS) is 11.7. The molecule has 0 unspecified atom stereocenters. The van der Waals surface area contributed by atoms with E-state index in [4.69, 9.17) is 23.2 Å². The Morgan fingerprint density at radius 1 is 1.17 bits per heavy atom. The van der Waals surface area contributed by atoms with Crippen LogP contribution in [0.5, 0.6) is 0 Å². The highest BCUT2D eigenvalue weighted by Gasteiger charge is 2.18. The van der Waals surface area contributed by atoms with E-state index in [9.17, 15) is 14.9 Å². The van der Waals surface area contributed by atoms with Gasteiger partial charge in [-0.2, -0.15) is 4.99 Å². The molecule has 0 aliphatic rings. The molecule has 0 saturated heterocycles. The Morgan fingerprint density at radius 3 is 2.43 bits per heavy atom. The SMILES string of the molecule is CCCc1sc(=NC(=O)c2ccc([N+](=O)[O-])cc2Cl)n(CC)c1-c1ccc(Cl)cc1. The van der Waals surface area contributed by atoms with Crippen LogP contribution in [-0.2, 0) is 13.0 Å². The summed E-state index contributed by atoms with van der Waals surface area (Å²) in [7, 11) is 0. The minimum absolute atomic E-state index is 0.00395. The highest BCUT2D eigenvalue weighted by atomic mass is 35.5. The van der Waals surface area contributed by atoms with Crippen LogP contribution in [0.2, 0.25) is 10.0 Å². The van der Waals surface area contributed by atoms with Gasteiger partial charge in [-0.3, -0.25) is 14.9 Å². The Morgan fingerprint density at radius 2 is 1.87 bits per heavy atom. The molecule has 0 N–H and O–H groups in total. The molecule has 0 fully saturated rings. The number of aryl methyl sites for hydroxylation is 1. The van der Waals surface area contributed by atoms with Gasteiger partial charge in [-0.25, -0.2) is 0 Å². The smallest absolute Gasteiger partial charge is 0.281 e. The highest BCUT2D eigenvalue weighted by Crippen LogP contribution is 2.29. The summed E-state index contributed by atoms with van der Waals surface area (Å²) in [5, 5.41) is 11.6. The molecule has 0 radical (unpaired) electrons. The molecule has 3 aromatic rings. The second kappa shape index (κ2) is 9.55. The maximum absolute atomic E-state index is 12.8. The molecule has 0 atom stereocenters. The van der Waals surface area contributed by atoms with Gasteiger partial charge in [-0.1, -0.05) is 48.7 Å². The van der Waals surface area contributed by atoms with Crippen LogP contribution < -0.4 is 4.80 Å². The number of thiazole rings is 1. The van der Waals surface area contributed by atoms with Crippen molar-refractivity contribution >= 4 is 46.1 Å². The van der Waals surface area contributed by atoms with Crippen molar-refractivity contribution in [3.8, 4) is 11.3 Å². The zero-order valence-electron chi connectivity index (χ0n) is 16.4. The predicted octanol–water partition coefficient (Wildman–Crippen LogP) is 6.15. The molecule has 0 aliphatic carbocycles. The molecule has 30 heavy (non-hydrogen) atoms. The van der Waals surface area contributed by atoms with Crippen molar-refractivity contribution in [1.29, 1.82) is 0 Å². The van der Waals surface area contributed by atoms with E-state index in [1.807, 2.05) is 35.8 Å². The van der Waals surface area contributed by atoms with E-state index < -0.39 is 10.8 Å². The predicted molar refractivity (Wildman–Crippen MR) is 120 cm³/mol. The van der Waals surface area contributed by atoms with Gasteiger partial charge in [0.15, 0.2) is 4.80 Å². The molecule has 6 nitrogen and oxygen atoms in total. The van der Waals surface area contributed by atoms with E-state index in [-0.39, 0.29) is 16.3 Å². The molecule has 3 rings (SSSR count). The summed E-state index contributed by atoms with van der Waals surface area (Å²) in [5.41, 5.74) is 1.97. The summed E-state index contributed by atoms with van der Waals surface area (Å²) in [6, 6.07) is 11.3. The van der Waals surface area contributed by atoms with E-state index in [1.165, 1.54) is 23.5 Å². The van der Waals surface area contributed by atoms with Gasteiger partial charge < -0.3 is 4.57 Å². The zero-order valence-corrected chi connectivity index (χ0v) is 18.7. The van der Waals surface area contributed by atoms with E-state index in [0.29, 0.717) is 16.4 Å². The van der Waals surface area contributed by atoms with E-state index in [0.717, 1.165) is 35.0 Å². The zero-order chi connectivity index (χ0) is 21.8. The van der Waals surface area contributed by atoms with Crippen LogP contribution in [0.25, 0.3) is 11.3 Å². The van der Waals surface area contributed by atoms with Crippen molar-refractivity contribution in [3.63, 3.8) is 0 Å². The Bertz CT molecular complexity index is 1170. The largest absolute Gasteiger partial charge is 0.316 e. The lowest BCUT2D eigenvalue weighted by Gasteiger charge is -2.09. The molecule has 2 aromatic carbocycles. The second-order valence-electron chi connectivity index (χ2n) is 6.50. The molecule has 0 spiro atoms. The van der Waals surface area contributed by atoms with Gasteiger partial charge in [0, 0.05) is 28.6 Å². The molecule has 1 aromatic heterocycles. The van der Waals surface area contributed by atoms with Crippen molar-refractivity contribution in [2.45, 2.75) is 33.2 Å². The molecule has 1 heterocycles. The molecule has 0 saturated carbocycles. The molecule has 0 aliphatic heterocycles. The monoisotopic (exact) mass is 463 g/mol. The highest BCUT2D eigenvalue weighted by molar-refractivity contribution is 7.09. The Labute approximate surface area is 187 Å². The van der Waals surface area contributed by atoms with Crippen molar-refractivity contribution in [2.75, 3.05) is 0 Å². The van der Waals surface area contributed by atoms with Gasteiger partial charge in [0.25, 0.3) is 11.6 Å². The minimum atomic E-state index is -0.559. The number of nitro groups is 1. The van der Waals surface area contributed by atoms with Crippen LogP contribution in [0.4, 0.5) is 5.69 Å². The van der Waals surface area contributed by atoms with Crippen LogP contribution in [0.1, 0.15) is 35.5 Å². The number of carbonyl (C=O) groups is 1. The molecular weight excluding hydrogens is 445 g/mol. The summed E-state index contributed by atoms with van der Waals surface area (Å²) in [4.78, 5) is 29.1. The van der Waals surface area contributed by atoms with E-state index in [2.05, 4.69) is 11.9 Å². The number of aromatic nitrogens is 1. The fourth-order valence-corrected chi connectivity index (χ4v) is 4.79. The number of carbonyl (C=O) groups excluding carboxylic acids is 1. The van der Waals surface area contributed by atoms with Crippen LogP contribution in [0.3, 0.4) is 0 Å². The molecule has 9 heteroatoms. The van der Waals surface area contributed by atoms with Gasteiger partial charge in [-0.05, 0) is 37.1 Å². The van der Waals surface area contributed by atoms with Crippen LogP contribution in [-0.4, -0.2) is 15.4 Å². The lowest BCUT2D eigenvalue weighted by atomic mass is 10.1. The summed E-state index contributed by atoms with van der Waals surface area (Å²) in [6.07, 6.45) is 1.80. The van der Waals surface area contributed by atoms with Gasteiger partial charge in [0.05, 0.1) is 21.2 Å². The number of non-ortho nitro benzene ring substituents is 1. The van der Waals surface area contributed by atoms with Crippen molar-refractivity contribution < 1.29 is 9.72 Å². The topological polar surface area (TPSA) is 77.5 Å². The van der Waals surface area contributed by atoms with Gasteiger partial charge in [0.1, 0.15) is 0 Å². The standard InChI is InChI=1S/C21H19Cl2N3O3S/c1-3-5-18-19(13-6-8-14(22)9-7-13)25(4-2)21(30-18)24-20(27)16-11-10-15(26(28)29)12-17(16)23/h6-12H,3-5H2,1-2H3. The van der Waals surface area contributed by atoms with Crippen LogP contribution >= 0.6 is 34.5 Å². The lowest BCUT2D eigenvalue weighted by Crippen LogP contribution is -2.17. The number of halogens is 2. The average Bonchev–Trinajstić information content (AvgIpc) is 3.05. The van der Waals surface area contributed by atoms with Crippen molar-refractivity contribution in [2.24, 2.45) is 4.99 Å². The van der Waals surface area contributed by atoms with Crippen molar-refractivity contribution in [1.82, 2.24) is 4.57 Å². The first-order valence-corrected chi connectivity index (χ1v) is 10.9. The van der Waals surface area contributed by atoms with Gasteiger partial charge >= 0.3 is 0 Å². The number of hydrogen-bond acceptors (Lipinski definition) is 4. The van der Waals surface area contributed by atoms with Crippen LogP contribution in [0, 0.1) is 10.1 Å².